The van der Waals surface area contributed by atoms with E-state index in [0.717, 1.165) is 9.35 Å². The molecule has 1 N–H and O–H groups in total. The van der Waals surface area contributed by atoms with Crippen LogP contribution >= 0.6 is 27.3 Å². The quantitative estimate of drug-likeness (QED) is 0.853. The minimum Gasteiger partial charge on any atom is -0.387 e. The van der Waals surface area contributed by atoms with Gasteiger partial charge in [0.25, 0.3) is 0 Å². The van der Waals surface area contributed by atoms with Crippen molar-refractivity contribution in [2.45, 2.75) is 45.1 Å². The molecule has 0 saturated heterocycles. The number of aliphatic hydroxyl groups excluding tert-OH is 1. The van der Waals surface area contributed by atoms with Gasteiger partial charge < -0.3 is 5.11 Å². The molecule has 1 aliphatic rings. The number of halogens is 1. The molecule has 3 heteroatoms. The van der Waals surface area contributed by atoms with Crippen molar-refractivity contribution in [3.05, 3.63) is 20.3 Å². The van der Waals surface area contributed by atoms with Crippen LogP contribution in [0.3, 0.4) is 0 Å². The van der Waals surface area contributed by atoms with Crippen molar-refractivity contribution < 1.29 is 5.11 Å². The van der Waals surface area contributed by atoms with Crippen LogP contribution in [0.15, 0.2) is 10.5 Å². The van der Waals surface area contributed by atoms with E-state index in [9.17, 15) is 5.11 Å². The Hall–Kier alpha value is 0.140. The number of rotatable bonds is 2. The van der Waals surface area contributed by atoms with Gasteiger partial charge in [0.1, 0.15) is 0 Å². The molecule has 0 spiro atoms. The Bertz CT molecular complexity index is 328. The van der Waals surface area contributed by atoms with E-state index in [1.807, 2.05) is 0 Å². The van der Waals surface area contributed by atoms with Gasteiger partial charge in [-0.15, -0.1) is 11.3 Å². The molecule has 1 atom stereocenters. The minimum absolute atomic E-state index is 0.252. The van der Waals surface area contributed by atoms with Crippen LogP contribution in [0.2, 0.25) is 0 Å². The lowest BCUT2D eigenvalue weighted by Crippen LogP contribution is -2.15. The maximum absolute atomic E-state index is 10.3. The van der Waals surface area contributed by atoms with Crippen LogP contribution in [0.5, 0.6) is 0 Å². The molecule has 0 aliphatic heterocycles. The second-order valence-corrected chi connectivity index (χ2v) is 6.55. The summed E-state index contributed by atoms with van der Waals surface area (Å²) in [5, 5.41) is 10.3. The lowest BCUT2D eigenvalue weighted by molar-refractivity contribution is 0.0874. The Labute approximate surface area is 104 Å². The summed E-state index contributed by atoms with van der Waals surface area (Å²) in [6.07, 6.45) is 6.02. The largest absolute Gasteiger partial charge is 0.387 e. The third-order valence-corrected chi connectivity index (χ3v) is 5.24. The smallest absolute Gasteiger partial charge is 0.0921 e. The molecule has 1 unspecified atom stereocenters. The summed E-state index contributed by atoms with van der Waals surface area (Å²) in [5.74, 6) is 0.480. The number of hydrogen-bond donors (Lipinski definition) is 1. The van der Waals surface area contributed by atoms with E-state index in [2.05, 4.69) is 28.9 Å². The Morgan fingerprint density at radius 2 is 2.07 bits per heavy atom. The topological polar surface area (TPSA) is 20.2 Å². The van der Waals surface area contributed by atoms with E-state index in [0.29, 0.717) is 5.92 Å². The molecular formula is C12H17BrOS. The molecule has 2 rings (SSSR count). The lowest BCUT2D eigenvalue weighted by Gasteiger charge is -2.26. The summed E-state index contributed by atoms with van der Waals surface area (Å²) in [5.41, 5.74) is 0. The highest BCUT2D eigenvalue weighted by molar-refractivity contribution is 9.10. The molecule has 15 heavy (non-hydrogen) atoms. The highest BCUT2D eigenvalue weighted by Crippen LogP contribution is 2.40. The standard InChI is InChI=1S/C12H17BrOS/c1-8-7-10(13)12(15-8)11(14)9-5-3-2-4-6-9/h7,9,11,14H,2-6H2,1H3. The number of hydrogen-bond acceptors (Lipinski definition) is 2. The molecule has 1 aromatic heterocycles. The highest BCUT2D eigenvalue weighted by Gasteiger charge is 2.25. The third kappa shape index (κ3) is 2.63. The van der Waals surface area contributed by atoms with Crippen molar-refractivity contribution in [3.63, 3.8) is 0 Å². The summed E-state index contributed by atoms with van der Waals surface area (Å²) in [4.78, 5) is 2.39. The first kappa shape index (κ1) is 11.6. The summed E-state index contributed by atoms with van der Waals surface area (Å²) < 4.78 is 1.09. The summed E-state index contributed by atoms with van der Waals surface area (Å²) in [6, 6.07) is 2.10. The monoisotopic (exact) mass is 288 g/mol. The lowest BCUT2D eigenvalue weighted by atomic mass is 9.85. The van der Waals surface area contributed by atoms with Gasteiger partial charge in [0.05, 0.1) is 6.10 Å². The highest BCUT2D eigenvalue weighted by atomic mass is 79.9. The fourth-order valence-electron chi connectivity index (χ4n) is 2.37. The molecule has 1 fully saturated rings. The average molecular weight is 289 g/mol. The maximum Gasteiger partial charge on any atom is 0.0921 e. The molecule has 0 aromatic carbocycles. The van der Waals surface area contributed by atoms with E-state index in [4.69, 9.17) is 0 Å². The van der Waals surface area contributed by atoms with Gasteiger partial charge in [-0.25, -0.2) is 0 Å². The van der Waals surface area contributed by atoms with Crippen LogP contribution in [0.25, 0.3) is 0 Å². The first-order valence-electron chi connectivity index (χ1n) is 5.62. The molecule has 1 saturated carbocycles. The van der Waals surface area contributed by atoms with Gasteiger partial charge in [0.2, 0.25) is 0 Å². The maximum atomic E-state index is 10.3. The van der Waals surface area contributed by atoms with E-state index < -0.39 is 0 Å². The Kier molecular flexibility index (Phi) is 3.86. The molecule has 1 heterocycles. The molecule has 84 valence electrons. The zero-order valence-corrected chi connectivity index (χ0v) is 11.4. The van der Waals surface area contributed by atoms with Crippen molar-refractivity contribution in [2.24, 2.45) is 5.92 Å². The molecular weight excluding hydrogens is 272 g/mol. The van der Waals surface area contributed by atoms with Gasteiger partial charge in [0.15, 0.2) is 0 Å². The Morgan fingerprint density at radius 3 is 2.60 bits per heavy atom. The molecule has 1 aliphatic carbocycles. The van der Waals surface area contributed by atoms with Gasteiger partial charge >= 0.3 is 0 Å². The van der Waals surface area contributed by atoms with E-state index >= 15 is 0 Å². The third-order valence-electron chi connectivity index (χ3n) is 3.20. The first-order chi connectivity index (χ1) is 7.18. The van der Waals surface area contributed by atoms with Gasteiger partial charge in [-0.1, -0.05) is 19.3 Å². The number of aryl methyl sites for hydroxylation is 1. The first-order valence-corrected chi connectivity index (χ1v) is 7.23. The van der Waals surface area contributed by atoms with Crippen LogP contribution in [0.1, 0.15) is 48.0 Å². The summed E-state index contributed by atoms with van der Waals surface area (Å²) in [6.45, 7) is 2.09. The van der Waals surface area contributed by atoms with Gasteiger partial charge in [-0.05, 0) is 47.7 Å². The zero-order valence-electron chi connectivity index (χ0n) is 9.00. The van der Waals surface area contributed by atoms with Crippen molar-refractivity contribution in [1.82, 2.24) is 0 Å². The summed E-state index contributed by atoms with van der Waals surface area (Å²) in [7, 11) is 0. The normalized spacial score (nSPS) is 20.5. The van der Waals surface area contributed by atoms with Gasteiger partial charge in [-0.2, -0.15) is 0 Å². The fraction of sp³-hybridized carbons (Fsp3) is 0.667. The van der Waals surface area contributed by atoms with Crippen LogP contribution < -0.4 is 0 Å². The number of thiophene rings is 1. The van der Waals surface area contributed by atoms with Crippen LogP contribution in [0, 0.1) is 12.8 Å². The zero-order chi connectivity index (χ0) is 10.8. The Morgan fingerprint density at radius 1 is 1.40 bits per heavy atom. The SMILES string of the molecule is Cc1cc(Br)c(C(O)C2CCCCC2)s1. The van der Waals surface area contributed by atoms with Gasteiger partial charge in [0, 0.05) is 14.2 Å². The molecule has 0 bridgehead atoms. The van der Waals surface area contributed by atoms with Crippen LogP contribution in [-0.4, -0.2) is 5.11 Å². The van der Waals surface area contributed by atoms with E-state index in [-0.39, 0.29) is 6.10 Å². The fourth-order valence-corrected chi connectivity index (χ4v) is 4.33. The van der Waals surface area contributed by atoms with E-state index in [1.165, 1.54) is 37.0 Å². The van der Waals surface area contributed by atoms with Crippen molar-refractivity contribution >= 4 is 27.3 Å². The Balaban J connectivity index is 2.12. The predicted octanol–water partition coefficient (Wildman–Crippen LogP) is 4.43. The molecule has 1 nitrogen and oxygen atoms in total. The van der Waals surface area contributed by atoms with Crippen molar-refractivity contribution in [2.75, 3.05) is 0 Å². The minimum atomic E-state index is -0.252. The molecule has 0 amide bonds. The predicted molar refractivity (Wildman–Crippen MR) is 68.3 cm³/mol. The molecule has 1 aromatic rings. The van der Waals surface area contributed by atoms with Crippen LogP contribution in [0.4, 0.5) is 0 Å². The average Bonchev–Trinajstić information content (AvgIpc) is 2.58. The molecule has 0 radical (unpaired) electrons. The van der Waals surface area contributed by atoms with Crippen molar-refractivity contribution in [1.29, 1.82) is 0 Å². The number of aliphatic hydroxyl groups is 1. The van der Waals surface area contributed by atoms with Crippen LogP contribution in [-0.2, 0) is 0 Å². The second-order valence-electron chi connectivity index (χ2n) is 4.41. The summed E-state index contributed by atoms with van der Waals surface area (Å²) >= 11 is 5.25. The van der Waals surface area contributed by atoms with Crippen molar-refractivity contribution in [3.8, 4) is 0 Å². The van der Waals surface area contributed by atoms with Gasteiger partial charge in [-0.3, -0.25) is 0 Å². The second kappa shape index (κ2) is 4.98. The van der Waals surface area contributed by atoms with E-state index in [1.54, 1.807) is 11.3 Å².